The van der Waals surface area contributed by atoms with Gasteiger partial charge in [0.05, 0.1) is 12.8 Å². The average Bonchev–Trinajstić information content (AvgIpc) is 2.99. The Kier molecular flexibility index (Phi) is 5.76. The van der Waals surface area contributed by atoms with E-state index in [-0.39, 0.29) is 5.91 Å². The van der Waals surface area contributed by atoms with E-state index >= 15 is 0 Å². The van der Waals surface area contributed by atoms with Crippen LogP contribution in [0.5, 0.6) is 5.75 Å². The predicted octanol–water partition coefficient (Wildman–Crippen LogP) is 1.87. The lowest BCUT2D eigenvalue weighted by atomic mass is 10.1. The normalized spacial score (nSPS) is 10.8. The topological polar surface area (TPSA) is 59.4 Å². The number of hydrogen-bond donors (Lipinski definition) is 1. The molecule has 0 aliphatic heterocycles. The Labute approximate surface area is 137 Å². The lowest BCUT2D eigenvalue weighted by molar-refractivity contribution is 0.0940. The van der Waals surface area contributed by atoms with Crippen LogP contribution >= 0.6 is 0 Å². The first kappa shape index (κ1) is 17.0. The van der Waals surface area contributed by atoms with Crippen molar-refractivity contribution in [3.8, 4) is 17.0 Å². The number of carbonyl (C=O) groups is 1. The first-order chi connectivity index (χ1) is 11.0. The zero-order valence-corrected chi connectivity index (χ0v) is 14.2. The van der Waals surface area contributed by atoms with Gasteiger partial charge in [-0.1, -0.05) is 0 Å². The fraction of sp³-hybridized carbons (Fsp3) is 0.412. The minimum Gasteiger partial charge on any atom is -0.497 e. The standard InChI is InChI=1S/C17H24N4O2/c1-5-21-16(17(22)18-10-11-20(2)3)12-15(19-21)13-6-8-14(23-4)9-7-13/h6-9,12H,5,10-11H2,1-4H3,(H,18,22). The summed E-state index contributed by atoms with van der Waals surface area (Å²) in [5, 5.41) is 7.45. The molecule has 0 saturated heterocycles. The number of methoxy groups -OCH3 is 1. The van der Waals surface area contributed by atoms with E-state index in [9.17, 15) is 4.79 Å². The summed E-state index contributed by atoms with van der Waals surface area (Å²) in [4.78, 5) is 14.4. The number of aromatic nitrogens is 2. The van der Waals surface area contributed by atoms with E-state index in [4.69, 9.17) is 4.74 Å². The van der Waals surface area contributed by atoms with Gasteiger partial charge in [-0.25, -0.2) is 0 Å². The third-order valence-corrected chi connectivity index (χ3v) is 3.54. The van der Waals surface area contributed by atoms with Crippen LogP contribution in [0, 0.1) is 0 Å². The Morgan fingerprint density at radius 1 is 1.30 bits per heavy atom. The molecule has 1 heterocycles. The Hall–Kier alpha value is -2.34. The van der Waals surface area contributed by atoms with Crippen molar-refractivity contribution in [3.63, 3.8) is 0 Å². The number of aryl methyl sites for hydroxylation is 1. The molecule has 124 valence electrons. The SMILES string of the molecule is CCn1nc(-c2ccc(OC)cc2)cc1C(=O)NCCN(C)C. The van der Waals surface area contributed by atoms with Crippen molar-refractivity contribution in [2.75, 3.05) is 34.3 Å². The van der Waals surface area contributed by atoms with Gasteiger partial charge in [0.1, 0.15) is 11.4 Å². The van der Waals surface area contributed by atoms with E-state index in [0.29, 0.717) is 18.8 Å². The summed E-state index contributed by atoms with van der Waals surface area (Å²) in [5.74, 6) is 0.700. The van der Waals surface area contributed by atoms with Crippen LogP contribution in [0.3, 0.4) is 0 Å². The molecule has 0 saturated carbocycles. The van der Waals surface area contributed by atoms with Crippen LogP contribution in [0.15, 0.2) is 30.3 Å². The molecule has 0 fully saturated rings. The molecule has 1 amide bonds. The molecule has 0 unspecified atom stereocenters. The number of hydrogen-bond acceptors (Lipinski definition) is 4. The summed E-state index contributed by atoms with van der Waals surface area (Å²) in [6.45, 7) is 4.03. The van der Waals surface area contributed by atoms with Crippen molar-refractivity contribution in [1.29, 1.82) is 0 Å². The van der Waals surface area contributed by atoms with Gasteiger partial charge in [0, 0.05) is 25.2 Å². The monoisotopic (exact) mass is 316 g/mol. The molecular formula is C17H24N4O2. The third kappa shape index (κ3) is 4.32. The number of benzene rings is 1. The molecule has 6 heteroatoms. The van der Waals surface area contributed by atoms with Gasteiger partial charge < -0.3 is 15.0 Å². The van der Waals surface area contributed by atoms with Crippen LogP contribution in [-0.4, -0.2) is 54.9 Å². The number of amides is 1. The maximum absolute atomic E-state index is 12.3. The minimum atomic E-state index is -0.0963. The molecule has 0 radical (unpaired) electrons. The largest absolute Gasteiger partial charge is 0.497 e. The molecule has 2 aromatic rings. The highest BCUT2D eigenvalue weighted by Gasteiger charge is 2.15. The van der Waals surface area contributed by atoms with Gasteiger partial charge in [-0.05, 0) is 51.4 Å². The van der Waals surface area contributed by atoms with Gasteiger partial charge in [-0.15, -0.1) is 0 Å². The molecule has 23 heavy (non-hydrogen) atoms. The summed E-state index contributed by atoms with van der Waals surface area (Å²) in [6, 6.07) is 9.48. The second-order valence-corrected chi connectivity index (χ2v) is 5.52. The molecular weight excluding hydrogens is 292 g/mol. The minimum absolute atomic E-state index is 0.0963. The van der Waals surface area contributed by atoms with Crippen molar-refractivity contribution in [2.45, 2.75) is 13.5 Å². The molecule has 0 bridgehead atoms. The quantitative estimate of drug-likeness (QED) is 0.847. The van der Waals surface area contributed by atoms with Gasteiger partial charge in [0.15, 0.2) is 0 Å². The number of likely N-dealkylation sites (N-methyl/N-ethyl adjacent to an activating group) is 1. The molecule has 6 nitrogen and oxygen atoms in total. The molecule has 1 aromatic carbocycles. The van der Waals surface area contributed by atoms with Crippen LogP contribution in [0.2, 0.25) is 0 Å². The lowest BCUT2D eigenvalue weighted by Gasteiger charge is -2.10. The zero-order valence-electron chi connectivity index (χ0n) is 14.2. The molecule has 1 N–H and O–H groups in total. The molecule has 0 spiro atoms. The van der Waals surface area contributed by atoms with E-state index < -0.39 is 0 Å². The van der Waals surface area contributed by atoms with Gasteiger partial charge in [-0.3, -0.25) is 9.48 Å². The molecule has 0 atom stereocenters. The van der Waals surface area contributed by atoms with Crippen molar-refractivity contribution >= 4 is 5.91 Å². The predicted molar refractivity (Wildman–Crippen MR) is 90.8 cm³/mol. The molecule has 0 aliphatic rings. The van der Waals surface area contributed by atoms with Gasteiger partial charge in [0.25, 0.3) is 5.91 Å². The van der Waals surface area contributed by atoms with E-state index in [1.165, 1.54) is 0 Å². The zero-order chi connectivity index (χ0) is 16.8. The first-order valence-corrected chi connectivity index (χ1v) is 7.70. The summed E-state index contributed by atoms with van der Waals surface area (Å²) in [6.07, 6.45) is 0. The highest BCUT2D eigenvalue weighted by atomic mass is 16.5. The van der Waals surface area contributed by atoms with Crippen molar-refractivity contribution in [3.05, 3.63) is 36.0 Å². The number of ether oxygens (including phenoxy) is 1. The van der Waals surface area contributed by atoms with Crippen LogP contribution < -0.4 is 10.1 Å². The van der Waals surface area contributed by atoms with Crippen LogP contribution in [0.4, 0.5) is 0 Å². The molecule has 0 aliphatic carbocycles. The average molecular weight is 316 g/mol. The summed E-state index contributed by atoms with van der Waals surface area (Å²) in [5.41, 5.74) is 2.32. The van der Waals surface area contributed by atoms with Crippen molar-refractivity contribution in [2.24, 2.45) is 0 Å². The van der Waals surface area contributed by atoms with Crippen molar-refractivity contribution in [1.82, 2.24) is 20.0 Å². The summed E-state index contributed by atoms with van der Waals surface area (Å²) in [7, 11) is 5.59. The van der Waals surface area contributed by atoms with E-state index in [1.54, 1.807) is 11.8 Å². The molecule has 1 aromatic heterocycles. The number of nitrogens with one attached hydrogen (secondary N) is 1. The summed E-state index contributed by atoms with van der Waals surface area (Å²) >= 11 is 0. The van der Waals surface area contributed by atoms with Gasteiger partial charge >= 0.3 is 0 Å². The second-order valence-electron chi connectivity index (χ2n) is 5.52. The Morgan fingerprint density at radius 2 is 2.00 bits per heavy atom. The maximum atomic E-state index is 12.3. The Morgan fingerprint density at radius 3 is 2.57 bits per heavy atom. The number of nitrogens with zero attached hydrogens (tertiary/aromatic N) is 3. The maximum Gasteiger partial charge on any atom is 0.269 e. The molecule has 2 rings (SSSR count). The fourth-order valence-electron chi connectivity index (χ4n) is 2.23. The van der Waals surface area contributed by atoms with Crippen LogP contribution in [-0.2, 0) is 6.54 Å². The fourth-order valence-corrected chi connectivity index (χ4v) is 2.23. The highest BCUT2D eigenvalue weighted by molar-refractivity contribution is 5.93. The Bertz CT molecular complexity index is 647. The van der Waals surface area contributed by atoms with Crippen LogP contribution in [0.25, 0.3) is 11.3 Å². The van der Waals surface area contributed by atoms with Crippen LogP contribution in [0.1, 0.15) is 17.4 Å². The summed E-state index contributed by atoms with van der Waals surface area (Å²) < 4.78 is 6.89. The third-order valence-electron chi connectivity index (χ3n) is 3.54. The van der Waals surface area contributed by atoms with E-state index in [2.05, 4.69) is 10.4 Å². The highest BCUT2D eigenvalue weighted by Crippen LogP contribution is 2.22. The number of rotatable bonds is 7. The van der Waals surface area contributed by atoms with E-state index in [0.717, 1.165) is 23.6 Å². The number of carbonyl (C=O) groups excluding carboxylic acids is 1. The van der Waals surface area contributed by atoms with Crippen molar-refractivity contribution < 1.29 is 9.53 Å². The lowest BCUT2D eigenvalue weighted by Crippen LogP contribution is -2.32. The van der Waals surface area contributed by atoms with Gasteiger partial charge in [-0.2, -0.15) is 5.10 Å². The van der Waals surface area contributed by atoms with E-state index in [1.807, 2.05) is 56.3 Å². The van der Waals surface area contributed by atoms with Gasteiger partial charge in [0.2, 0.25) is 0 Å². The first-order valence-electron chi connectivity index (χ1n) is 7.70. The Balaban J connectivity index is 2.17. The smallest absolute Gasteiger partial charge is 0.269 e. The second kappa shape index (κ2) is 7.78.